The van der Waals surface area contributed by atoms with Crippen LogP contribution in [0.3, 0.4) is 0 Å². The quantitative estimate of drug-likeness (QED) is 0.889. The first-order chi connectivity index (χ1) is 11.4. The van der Waals surface area contributed by atoms with Gasteiger partial charge in [-0.15, -0.1) is 10.2 Å². The molecule has 1 saturated heterocycles. The summed E-state index contributed by atoms with van der Waals surface area (Å²) in [4.78, 5) is 6.82. The average molecular weight is 348 g/mol. The van der Waals surface area contributed by atoms with Gasteiger partial charge in [-0.1, -0.05) is 11.6 Å². The van der Waals surface area contributed by atoms with E-state index in [0.29, 0.717) is 28.3 Å². The number of aromatic hydroxyl groups is 1. The normalized spacial score (nSPS) is 18.6. The van der Waals surface area contributed by atoms with Crippen molar-refractivity contribution >= 4 is 17.5 Å². The zero-order valence-corrected chi connectivity index (χ0v) is 14.9. The van der Waals surface area contributed by atoms with Crippen molar-refractivity contribution in [3.8, 4) is 17.0 Å². The third kappa shape index (κ3) is 3.60. The van der Waals surface area contributed by atoms with Gasteiger partial charge in [0.05, 0.1) is 5.69 Å². The molecule has 1 atom stereocenters. The van der Waals surface area contributed by atoms with E-state index >= 15 is 0 Å². The standard InChI is InChI=1S/C17H22ClN5O/c1-10-7-12(18)8-14(24)15(10)16-11(2)19-17(22-21-16)20-13-5-4-6-23(3)9-13/h7-8,13,24H,4-6,9H2,1-3H3,(H,19,20,22). The number of phenols is 1. The van der Waals surface area contributed by atoms with E-state index in [1.165, 1.54) is 6.07 Å². The molecule has 0 amide bonds. The highest BCUT2D eigenvalue weighted by atomic mass is 35.5. The van der Waals surface area contributed by atoms with Crippen LogP contribution in [0.4, 0.5) is 5.95 Å². The van der Waals surface area contributed by atoms with Gasteiger partial charge >= 0.3 is 0 Å². The van der Waals surface area contributed by atoms with Gasteiger partial charge in [0.1, 0.15) is 11.4 Å². The lowest BCUT2D eigenvalue weighted by Crippen LogP contribution is -2.40. The Labute approximate surface area is 146 Å². The number of hydrogen-bond donors (Lipinski definition) is 2. The second-order valence-corrected chi connectivity index (χ2v) is 6.87. The summed E-state index contributed by atoms with van der Waals surface area (Å²) in [5.74, 6) is 0.622. The third-order valence-electron chi connectivity index (χ3n) is 4.34. The number of hydrogen-bond acceptors (Lipinski definition) is 6. The first-order valence-corrected chi connectivity index (χ1v) is 8.47. The van der Waals surface area contributed by atoms with Gasteiger partial charge in [0, 0.05) is 23.2 Å². The van der Waals surface area contributed by atoms with E-state index in [2.05, 4.69) is 32.4 Å². The molecule has 1 aromatic heterocycles. The van der Waals surface area contributed by atoms with Gasteiger partial charge in [-0.3, -0.25) is 0 Å². The first-order valence-electron chi connectivity index (χ1n) is 8.10. The molecular formula is C17H22ClN5O. The van der Waals surface area contributed by atoms with Crippen LogP contribution in [0.1, 0.15) is 24.1 Å². The summed E-state index contributed by atoms with van der Waals surface area (Å²) in [6.07, 6.45) is 2.27. The predicted molar refractivity (Wildman–Crippen MR) is 95.6 cm³/mol. The lowest BCUT2D eigenvalue weighted by atomic mass is 10.0. The van der Waals surface area contributed by atoms with Gasteiger partial charge in [0.2, 0.25) is 5.95 Å². The summed E-state index contributed by atoms with van der Waals surface area (Å²) < 4.78 is 0. The number of anilines is 1. The maximum Gasteiger partial charge on any atom is 0.243 e. The molecule has 2 aromatic rings. The molecule has 1 unspecified atom stereocenters. The van der Waals surface area contributed by atoms with Crippen LogP contribution in [-0.2, 0) is 0 Å². The second kappa shape index (κ2) is 6.91. The van der Waals surface area contributed by atoms with Crippen molar-refractivity contribution in [1.82, 2.24) is 20.1 Å². The van der Waals surface area contributed by atoms with Crippen molar-refractivity contribution < 1.29 is 5.11 Å². The van der Waals surface area contributed by atoms with Gasteiger partial charge in [0.15, 0.2) is 0 Å². The van der Waals surface area contributed by atoms with Crippen LogP contribution in [0.15, 0.2) is 12.1 Å². The van der Waals surface area contributed by atoms with Gasteiger partial charge in [-0.2, -0.15) is 0 Å². The Morgan fingerprint density at radius 2 is 2.08 bits per heavy atom. The Balaban J connectivity index is 1.85. The van der Waals surface area contributed by atoms with Crippen LogP contribution >= 0.6 is 11.6 Å². The number of likely N-dealkylation sites (N-methyl/N-ethyl adjacent to an activating group) is 1. The van der Waals surface area contributed by atoms with Gasteiger partial charge in [-0.05, 0) is 58.0 Å². The molecule has 1 aromatic carbocycles. The van der Waals surface area contributed by atoms with E-state index in [4.69, 9.17) is 11.6 Å². The maximum atomic E-state index is 10.2. The van der Waals surface area contributed by atoms with Gasteiger partial charge in [0.25, 0.3) is 0 Å². The number of nitrogens with zero attached hydrogens (tertiary/aromatic N) is 4. The van der Waals surface area contributed by atoms with Crippen molar-refractivity contribution in [2.24, 2.45) is 0 Å². The summed E-state index contributed by atoms with van der Waals surface area (Å²) >= 11 is 5.97. The highest BCUT2D eigenvalue weighted by molar-refractivity contribution is 6.31. The predicted octanol–water partition coefficient (Wildman–Crippen LogP) is 3.02. The number of likely N-dealkylation sites (tertiary alicyclic amines) is 1. The smallest absolute Gasteiger partial charge is 0.243 e. The minimum absolute atomic E-state index is 0.0915. The molecule has 1 fully saturated rings. The lowest BCUT2D eigenvalue weighted by Gasteiger charge is -2.30. The monoisotopic (exact) mass is 347 g/mol. The molecule has 2 N–H and O–H groups in total. The maximum absolute atomic E-state index is 10.2. The molecule has 3 rings (SSSR count). The van der Waals surface area contributed by atoms with Crippen molar-refractivity contribution in [2.45, 2.75) is 32.7 Å². The fraction of sp³-hybridized carbons (Fsp3) is 0.471. The van der Waals surface area contributed by atoms with Crippen LogP contribution < -0.4 is 5.32 Å². The van der Waals surface area contributed by atoms with Crippen LogP contribution in [0, 0.1) is 13.8 Å². The Morgan fingerprint density at radius 3 is 2.75 bits per heavy atom. The molecule has 1 aliphatic heterocycles. The minimum atomic E-state index is 0.0915. The minimum Gasteiger partial charge on any atom is -0.507 e. The molecule has 1 aliphatic rings. The number of nitrogens with one attached hydrogen (secondary N) is 1. The number of aromatic nitrogens is 3. The molecule has 6 nitrogen and oxygen atoms in total. The molecule has 0 spiro atoms. The van der Waals surface area contributed by atoms with Crippen LogP contribution in [0.5, 0.6) is 5.75 Å². The van der Waals surface area contributed by atoms with Crippen molar-refractivity contribution in [2.75, 3.05) is 25.5 Å². The van der Waals surface area contributed by atoms with Crippen LogP contribution in [0.2, 0.25) is 5.02 Å². The number of benzene rings is 1. The van der Waals surface area contributed by atoms with Crippen LogP contribution in [0.25, 0.3) is 11.3 Å². The second-order valence-electron chi connectivity index (χ2n) is 6.43. The van der Waals surface area contributed by atoms with E-state index in [0.717, 1.165) is 37.2 Å². The molecule has 24 heavy (non-hydrogen) atoms. The largest absolute Gasteiger partial charge is 0.507 e. The first kappa shape index (κ1) is 16.9. The van der Waals surface area contributed by atoms with E-state index in [9.17, 15) is 5.11 Å². The average Bonchev–Trinajstić information content (AvgIpc) is 2.48. The summed E-state index contributed by atoms with van der Waals surface area (Å²) in [6.45, 7) is 5.85. The number of aryl methyl sites for hydroxylation is 2. The summed E-state index contributed by atoms with van der Waals surface area (Å²) in [7, 11) is 2.12. The number of phenolic OH excluding ortho intramolecular Hbond substituents is 1. The number of rotatable bonds is 3. The fourth-order valence-corrected chi connectivity index (χ4v) is 3.46. The Bertz CT molecular complexity index is 729. The molecule has 0 radical (unpaired) electrons. The third-order valence-corrected chi connectivity index (χ3v) is 4.55. The number of piperidine rings is 1. The van der Waals surface area contributed by atoms with E-state index in [1.807, 2.05) is 13.8 Å². The summed E-state index contributed by atoms with van der Waals surface area (Å²) in [5.41, 5.74) is 2.76. The van der Waals surface area contributed by atoms with Crippen molar-refractivity contribution in [3.05, 3.63) is 28.4 Å². The van der Waals surface area contributed by atoms with E-state index in [1.54, 1.807) is 6.07 Å². The highest BCUT2D eigenvalue weighted by Crippen LogP contribution is 2.35. The SMILES string of the molecule is Cc1cc(Cl)cc(O)c1-c1nnc(NC2CCCN(C)C2)nc1C. The number of halogens is 1. The van der Waals surface area contributed by atoms with E-state index < -0.39 is 0 Å². The van der Waals surface area contributed by atoms with Gasteiger partial charge in [-0.25, -0.2) is 4.98 Å². The van der Waals surface area contributed by atoms with Crippen molar-refractivity contribution in [3.63, 3.8) is 0 Å². The molecule has 2 heterocycles. The molecule has 128 valence electrons. The van der Waals surface area contributed by atoms with Crippen molar-refractivity contribution in [1.29, 1.82) is 0 Å². The Kier molecular flexibility index (Phi) is 4.87. The molecule has 0 aliphatic carbocycles. The zero-order valence-electron chi connectivity index (χ0n) is 14.2. The van der Waals surface area contributed by atoms with Gasteiger partial charge < -0.3 is 15.3 Å². The van der Waals surface area contributed by atoms with E-state index in [-0.39, 0.29) is 5.75 Å². The molecule has 0 bridgehead atoms. The summed E-state index contributed by atoms with van der Waals surface area (Å²) in [6, 6.07) is 3.64. The van der Waals surface area contributed by atoms with Crippen LogP contribution in [-0.4, -0.2) is 51.4 Å². The Hall–Kier alpha value is -1.92. The highest BCUT2D eigenvalue weighted by Gasteiger charge is 2.19. The fourth-order valence-electron chi connectivity index (χ4n) is 3.20. The topological polar surface area (TPSA) is 74.2 Å². The zero-order chi connectivity index (χ0) is 17.3. The molecular weight excluding hydrogens is 326 g/mol. The molecule has 7 heteroatoms. The summed E-state index contributed by atoms with van der Waals surface area (Å²) in [5, 5.41) is 22.6. The lowest BCUT2D eigenvalue weighted by molar-refractivity contribution is 0.260. The molecule has 0 saturated carbocycles. The Morgan fingerprint density at radius 1 is 1.29 bits per heavy atom.